The number of hydrogen-bond donors (Lipinski definition) is 3. The second-order valence-electron chi connectivity index (χ2n) is 7.44. The van der Waals surface area contributed by atoms with Gasteiger partial charge in [0.1, 0.15) is 18.1 Å². The molecule has 0 aliphatic carbocycles. The van der Waals surface area contributed by atoms with Gasteiger partial charge in [0.25, 0.3) is 0 Å². The topological polar surface area (TPSA) is 103 Å². The number of amides is 1. The van der Waals surface area contributed by atoms with Crippen LogP contribution in [0.1, 0.15) is 22.3 Å². The Bertz CT molecular complexity index is 1050. The van der Waals surface area contributed by atoms with Crippen LogP contribution in [-0.2, 0) is 11.4 Å². The van der Waals surface area contributed by atoms with Gasteiger partial charge in [0.15, 0.2) is 0 Å². The zero-order chi connectivity index (χ0) is 23.7. The zero-order valence-electron chi connectivity index (χ0n) is 19.3. The van der Waals surface area contributed by atoms with Crippen molar-refractivity contribution in [3.63, 3.8) is 0 Å². The number of nitrogens with two attached hydrogens (primary N) is 2. The SMILES string of the molecule is COc1cccc(N(C)N)c1COc1ccc(-c2ccc(C)cc2C)cc1C.NNC=O. The average molecular weight is 437 g/mol. The Morgan fingerprint density at radius 2 is 1.72 bits per heavy atom. The van der Waals surface area contributed by atoms with Crippen molar-refractivity contribution in [3.05, 3.63) is 76.9 Å². The summed E-state index contributed by atoms with van der Waals surface area (Å²) in [4.78, 5) is 8.94. The third kappa shape index (κ3) is 6.23. The molecule has 0 aliphatic rings. The largest absolute Gasteiger partial charge is 0.496 e. The molecule has 0 saturated heterocycles. The number of rotatable bonds is 7. The van der Waals surface area contributed by atoms with Crippen molar-refractivity contribution in [3.8, 4) is 22.6 Å². The van der Waals surface area contributed by atoms with E-state index >= 15 is 0 Å². The van der Waals surface area contributed by atoms with Crippen molar-refractivity contribution in [2.24, 2.45) is 11.7 Å². The van der Waals surface area contributed by atoms with Crippen molar-refractivity contribution in [1.29, 1.82) is 0 Å². The molecule has 0 fully saturated rings. The van der Waals surface area contributed by atoms with Crippen LogP contribution in [0.5, 0.6) is 11.5 Å². The van der Waals surface area contributed by atoms with Gasteiger partial charge in [0, 0.05) is 7.05 Å². The summed E-state index contributed by atoms with van der Waals surface area (Å²) in [6, 6.07) is 18.6. The van der Waals surface area contributed by atoms with Gasteiger partial charge < -0.3 is 14.5 Å². The molecule has 0 spiro atoms. The van der Waals surface area contributed by atoms with Crippen LogP contribution in [0.2, 0.25) is 0 Å². The standard InChI is InChI=1S/C24H28N2O2.CH4N2O/c1-16-9-11-20(17(2)13-16)19-10-12-23(18(3)14-19)28-15-21-22(26(4)25)7-6-8-24(21)27-5;2-3-1-4/h6-14H,15,25H2,1-5H3;1H,2H2,(H,3,4). The fraction of sp³-hybridized carbons (Fsp3) is 0.240. The van der Waals surface area contributed by atoms with Gasteiger partial charge in [0.05, 0.1) is 18.4 Å². The van der Waals surface area contributed by atoms with Crippen LogP contribution in [0.3, 0.4) is 0 Å². The van der Waals surface area contributed by atoms with Crippen LogP contribution in [0, 0.1) is 20.8 Å². The number of carbonyl (C=O) groups excluding carboxylic acids is 1. The zero-order valence-corrected chi connectivity index (χ0v) is 19.3. The molecule has 7 heteroatoms. The predicted molar refractivity (Wildman–Crippen MR) is 129 cm³/mol. The normalized spacial score (nSPS) is 9.97. The second kappa shape index (κ2) is 11.7. The molecule has 32 heavy (non-hydrogen) atoms. The van der Waals surface area contributed by atoms with Crippen LogP contribution in [-0.4, -0.2) is 20.6 Å². The maximum absolute atomic E-state index is 8.94. The smallest absolute Gasteiger partial charge is 0.221 e. The highest BCUT2D eigenvalue weighted by molar-refractivity contribution is 5.69. The Labute approximate surface area is 189 Å². The molecule has 0 aliphatic heterocycles. The van der Waals surface area contributed by atoms with Crippen LogP contribution < -0.4 is 31.6 Å². The lowest BCUT2D eigenvalue weighted by Crippen LogP contribution is -2.26. The van der Waals surface area contributed by atoms with Crippen molar-refractivity contribution in [2.45, 2.75) is 27.4 Å². The molecule has 3 aromatic rings. The molecule has 0 heterocycles. The van der Waals surface area contributed by atoms with E-state index < -0.39 is 0 Å². The summed E-state index contributed by atoms with van der Waals surface area (Å²) in [6.07, 6.45) is 0.403. The minimum atomic E-state index is 0.380. The number of nitrogens with zero attached hydrogens (tertiary/aromatic N) is 1. The first-order valence-corrected chi connectivity index (χ1v) is 10.2. The van der Waals surface area contributed by atoms with E-state index in [9.17, 15) is 0 Å². The van der Waals surface area contributed by atoms with Gasteiger partial charge in [-0.3, -0.25) is 10.2 Å². The third-order valence-corrected chi connectivity index (χ3v) is 5.02. The number of hydrazine groups is 2. The summed E-state index contributed by atoms with van der Waals surface area (Å²) < 4.78 is 11.6. The van der Waals surface area contributed by atoms with Gasteiger partial charge in [-0.25, -0.2) is 11.7 Å². The number of benzene rings is 3. The number of anilines is 1. The number of carbonyl (C=O) groups is 1. The van der Waals surface area contributed by atoms with E-state index in [1.807, 2.05) is 31.3 Å². The van der Waals surface area contributed by atoms with E-state index in [1.54, 1.807) is 17.5 Å². The molecule has 0 saturated carbocycles. The second-order valence-corrected chi connectivity index (χ2v) is 7.44. The summed E-state index contributed by atoms with van der Waals surface area (Å²) >= 11 is 0. The monoisotopic (exact) mass is 436 g/mol. The first-order chi connectivity index (χ1) is 15.3. The number of nitrogens with one attached hydrogen (secondary N) is 1. The Hall–Kier alpha value is -3.55. The molecule has 3 aromatic carbocycles. The Morgan fingerprint density at radius 3 is 2.28 bits per heavy atom. The van der Waals surface area contributed by atoms with E-state index in [4.69, 9.17) is 20.1 Å². The van der Waals surface area contributed by atoms with Crippen molar-refractivity contribution in [1.82, 2.24) is 5.43 Å². The Kier molecular flexibility index (Phi) is 9.07. The van der Waals surface area contributed by atoms with Gasteiger partial charge in [-0.15, -0.1) is 0 Å². The van der Waals surface area contributed by atoms with Gasteiger partial charge in [0.2, 0.25) is 6.41 Å². The van der Waals surface area contributed by atoms with Gasteiger partial charge in [-0.05, 0) is 67.3 Å². The quantitative estimate of drug-likeness (QED) is 0.225. The summed E-state index contributed by atoms with van der Waals surface area (Å²) in [7, 11) is 3.46. The maximum atomic E-state index is 8.94. The summed E-state index contributed by atoms with van der Waals surface area (Å²) in [5.74, 6) is 12.0. The van der Waals surface area contributed by atoms with Crippen LogP contribution >= 0.6 is 0 Å². The minimum absolute atomic E-state index is 0.380. The lowest BCUT2D eigenvalue weighted by Gasteiger charge is -2.20. The van der Waals surface area contributed by atoms with E-state index in [1.165, 1.54) is 22.3 Å². The highest BCUT2D eigenvalue weighted by atomic mass is 16.5. The summed E-state index contributed by atoms with van der Waals surface area (Å²) in [6.45, 7) is 6.71. The van der Waals surface area contributed by atoms with Crippen molar-refractivity contribution in [2.75, 3.05) is 19.2 Å². The van der Waals surface area contributed by atoms with Crippen LogP contribution in [0.25, 0.3) is 11.1 Å². The van der Waals surface area contributed by atoms with E-state index in [0.29, 0.717) is 13.0 Å². The number of methoxy groups -OCH3 is 1. The summed E-state index contributed by atoms with van der Waals surface area (Å²) in [5, 5.41) is 1.58. The van der Waals surface area contributed by atoms with E-state index in [0.717, 1.165) is 28.3 Å². The van der Waals surface area contributed by atoms with Gasteiger partial charge in [-0.1, -0.05) is 35.9 Å². The van der Waals surface area contributed by atoms with Gasteiger partial charge in [-0.2, -0.15) is 0 Å². The van der Waals surface area contributed by atoms with E-state index in [2.05, 4.69) is 56.9 Å². The summed E-state index contributed by atoms with van der Waals surface area (Å²) in [5.41, 5.74) is 9.64. The fourth-order valence-corrected chi connectivity index (χ4v) is 3.49. The Balaban J connectivity index is 0.000000837. The molecule has 0 radical (unpaired) electrons. The molecular formula is C25H32N4O3. The van der Waals surface area contributed by atoms with Crippen LogP contribution in [0.4, 0.5) is 5.69 Å². The molecule has 5 N–H and O–H groups in total. The first kappa shape index (κ1) is 24.7. The highest BCUT2D eigenvalue weighted by Crippen LogP contribution is 2.32. The third-order valence-electron chi connectivity index (χ3n) is 5.02. The molecule has 3 rings (SSSR count). The molecular weight excluding hydrogens is 404 g/mol. The highest BCUT2D eigenvalue weighted by Gasteiger charge is 2.13. The molecule has 0 atom stereocenters. The number of aryl methyl sites for hydroxylation is 3. The maximum Gasteiger partial charge on any atom is 0.221 e. The number of hydrogen-bond acceptors (Lipinski definition) is 6. The lowest BCUT2D eigenvalue weighted by molar-refractivity contribution is -0.109. The first-order valence-electron chi connectivity index (χ1n) is 10.2. The molecule has 0 aromatic heterocycles. The predicted octanol–water partition coefficient (Wildman–Crippen LogP) is 3.78. The van der Waals surface area contributed by atoms with Crippen LogP contribution in [0.15, 0.2) is 54.6 Å². The Morgan fingerprint density at radius 1 is 1.00 bits per heavy atom. The molecule has 0 bridgehead atoms. The average Bonchev–Trinajstić information content (AvgIpc) is 2.78. The fourth-order valence-electron chi connectivity index (χ4n) is 3.49. The van der Waals surface area contributed by atoms with Crippen molar-refractivity contribution >= 4 is 12.1 Å². The molecule has 0 unspecified atom stereocenters. The number of ether oxygens (including phenoxy) is 2. The van der Waals surface area contributed by atoms with Gasteiger partial charge >= 0.3 is 0 Å². The molecule has 1 amide bonds. The lowest BCUT2D eigenvalue weighted by atomic mass is 9.97. The molecule has 7 nitrogen and oxygen atoms in total. The molecule has 170 valence electrons. The van der Waals surface area contributed by atoms with E-state index in [-0.39, 0.29) is 0 Å². The minimum Gasteiger partial charge on any atom is -0.496 e. The van der Waals surface area contributed by atoms with Crippen molar-refractivity contribution < 1.29 is 14.3 Å².